The first-order valence-corrected chi connectivity index (χ1v) is 8.70. The van der Waals surface area contributed by atoms with Crippen molar-refractivity contribution in [3.8, 4) is 0 Å². The zero-order chi connectivity index (χ0) is 13.1. The minimum absolute atomic E-state index is 0.0144. The summed E-state index contributed by atoms with van der Waals surface area (Å²) in [6.45, 7) is 0. The van der Waals surface area contributed by atoms with Crippen LogP contribution in [-0.2, 0) is 20.0 Å². The maximum atomic E-state index is 11.2. The molecular formula is C8H12N2O4S3. The molecule has 0 aliphatic rings. The lowest BCUT2D eigenvalue weighted by molar-refractivity contribution is 0.595. The van der Waals surface area contributed by atoms with E-state index in [-0.39, 0.29) is 16.4 Å². The topological polar surface area (TPSA) is 120 Å². The molecule has 0 radical (unpaired) electrons. The summed E-state index contributed by atoms with van der Waals surface area (Å²) in [5, 5.41) is 9.87. The summed E-state index contributed by atoms with van der Waals surface area (Å²) in [6.07, 6.45) is 0. The molecule has 1 aromatic carbocycles. The van der Waals surface area contributed by atoms with E-state index >= 15 is 0 Å². The van der Waals surface area contributed by atoms with E-state index < -0.39 is 20.0 Å². The van der Waals surface area contributed by atoms with Crippen molar-refractivity contribution < 1.29 is 16.8 Å². The van der Waals surface area contributed by atoms with Crippen molar-refractivity contribution >= 4 is 31.8 Å². The van der Waals surface area contributed by atoms with E-state index in [0.717, 1.165) is 11.8 Å². The molecule has 0 spiro atoms. The second-order valence-electron chi connectivity index (χ2n) is 3.21. The van der Waals surface area contributed by atoms with Crippen LogP contribution in [0.4, 0.5) is 0 Å². The Labute approximate surface area is 104 Å². The van der Waals surface area contributed by atoms with Gasteiger partial charge in [0.1, 0.15) is 0 Å². The van der Waals surface area contributed by atoms with Crippen molar-refractivity contribution in [1.29, 1.82) is 0 Å². The van der Waals surface area contributed by atoms with Gasteiger partial charge in [-0.25, -0.2) is 27.1 Å². The van der Waals surface area contributed by atoms with Crippen molar-refractivity contribution in [3.63, 3.8) is 0 Å². The number of nitrogens with two attached hydrogens (primary N) is 2. The molecule has 0 aromatic heterocycles. The van der Waals surface area contributed by atoms with Crippen LogP contribution in [0.15, 0.2) is 34.1 Å². The fourth-order valence-electron chi connectivity index (χ4n) is 1.07. The Morgan fingerprint density at radius 1 is 1.06 bits per heavy atom. The second-order valence-corrected chi connectivity index (χ2v) is 7.61. The first kappa shape index (κ1) is 14.5. The second kappa shape index (κ2) is 5.36. The van der Waals surface area contributed by atoms with Gasteiger partial charge in [0.25, 0.3) is 0 Å². The number of benzene rings is 1. The smallest absolute Gasteiger partial charge is 0.229 e. The lowest BCUT2D eigenvalue weighted by Gasteiger charge is -2.06. The molecule has 1 rings (SSSR count). The molecule has 0 bridgehead atoms. The van der Waals surface area contributed by atoms with Crippen LogP contribution in [0.5, 0.6) is 0 Å². The van der Waals surface area contributed by atoms with Crippen LogP contribution in [-0.4, -0.2) is 28.3 Å². The van der Waals surface area contributed by atoms with E-state index in [4.69, 9.17) is 10.3 Å². The molecule has 0 aliphatic carbocycles. The minimum Gasteiger partial charge on any atom is -0.229 e. The van der Waals surface area contributed by atoms with Crippen LogP contribution in [0.3, 0.4) is 0 Å². The van der Waals surface area contributed by atoms with Crippen LogP contribution < -0.4 is 10.3 Å². The predicted molar refractivity (Wildman–Crippen MR) is 66.5 cm³/mol. The highest BCUT2D eigenvalue weighted by atomic mass is 32.2. The number of hydrogen-bond donors (Lipinski definition) is 2. The van der Waals surface area contributed by atoms with Crippen LogP contribution in [0.2, 0.25) is 0 Å². The Morgan fingerprint density at radius 2 is 1.65 bits per heavy atom. The van der Waals surface area contributed by atoms with E-state index in [2.05, 4.69) is 0 Å². The Hall–Kier alpha value is -0.610. The van der Waals surface area contributed by atoms with Gasteiger partial charge in [-0.05, 0) is 12.1 Å². The van der Waals surface area contributed by atoms with Gasteiger partial charge in [0.05, 0.1) is 10.6 Å². The van der Waals surface area contributed by atoms with Crippen molar-refractivity contribution in [3.05, 3.63) is 24.3 Å². The molecular weight excluding hydrogens is 284 g/mol. The molecule has 17 heavy (non-hydrogen) atoms. The van der Waals surface area contributed by atoms with Gasteiger partial charge in [-0.1, -0.05) is 12.1 Å². The van der Waals surface area contributed by atoms with E-state index in [1.165, 1.54) is 6.07 Å². The van der Waals surface area contributed by atoms with Gasteiger partial charge in [-0.15, -0.1) is 11.8 Å². The molecule has 4 N–H and O–H groups in total. The summed E-state index contributed by atoms with van der Waals surface area (Å²) < 4.78 is 43.9. The van der Waals surface area contributed by atoms with Gasteiger partial charge >= 0.3 is 0 Å². The molecule has 0 saturated heterocycles. The van der Waals surface area contributed by atoms with Crippen LogP contribution in [0.1, 0.15) is 0 Å². The van der Waals surface area contributed by atoms with Crippen molar-refractivity contribution in [2.24, 2.45) is 10.3 Å². The Kier molecular flexibility index (Phi) is 4.55. The normalized spacial score (nSPS) is 12.6. The first-order chi connectivity index (χ1) is 7.70. The minimum atomic E-state index is -3.80. The summed E-state index contributed by atoms with van der Waals surface area (Å²) in [5.74, 6) is -0.0536. The average molecular weight is 296 g/mol. The molecule has 0 atom stereocenters. The van der Waals surface area contributed by atoms with Gasteiger partial charge in [-0.3, -0.25) is 0 Å². The van der Waals surface area contributed by atoms with Gasteiger partial charge in [0, 0.05) is 10.6 Å². The first-order valence-electron chi connectivity index (χ1n) is 4.45. The number of sulfonamides is 2. The van der Waals surface area contributed by atoms with Crippen molar-refractivity contribution in [2.75, 3.05) is 11.5 Å². The highest BCUT2D eigenvalue weighted by Crippen LogP contribution is 2.25. The van der Waals surface area contributed by atoms with Crippen molar-refractivity contribution in [2.45, 2.75) is 9.79 Å². The Bertz CT molecular complexity index is 595. The highest BCUT2D eigenvalue weighted by Gasteiger charge is 2.13. The monoisotopic (exact) mass is 296 g/mol. The van der Waals surface area contributed by atoms with E-state index in [1.54, 1.807) is 18.2 Å². The van der Waals surface area contributed by atoms with Crippen LogP contribution in [0.25, 0.3) is 0 Å². The third-order valence-corrected chi connectivity index (χ3v) is 4.99. The summed E-state index contributed by atoms with van der Waals surface area (Å²) in [4.78, 5) is 0.401. The molecule has 0 amide bonds. The van der Waals surface area contributed by atoms with Gasteiger partial charge < -0.3 is 0 Å². The largest absolute Gasteiger partial charge is 0.239 e. The molecule has 96 valence electrons. The quantitative estimate of drug-likeness (QED) is 0.724. The van der Waals surface area contributed by atoms with E-state index in [9.17, 15) is 16.8 Å². The summed E-state index contributed by atoms with van der Waals surface area (Å²) in [6, 6.07) is 6.12. The third-order valence-electron chi connectivity index (χ3n) is 1.78. The number of thioether (sulfide) groups is 1. The van der Waals surface area contributed by atoms with E-state index in [0.29, 0.717) is 4.90 Å². The van der Waals surface area contributed by atoms with E-state index in [1.807, 2.05) is 0 Å². The standard InChI is InChI=1S/C8H12N2O4S3/c9-16(11,12)6-5-15-7-3-1-2-4-8(7)17(10,13)14/h1-4H,5-6H2,(H2,9,11,12)(H2,10,13,14). The fourth-order valence-corrected chi connectivity index (χ4v) is 4.08. The fraction of sp³-hybridized carbons (Fsp3) is 0.250. The molecule has 0 saturated carbocycles. The Morgan fingerprint density at radius 3 is 2.18 bits per heavy atom. The molecule has 0 unspecified atom stereocenters. The van der Waals surface area contributed by atoms with Gasteiger partial charge in [0.15, 0.2) is 0 Å². The molecule has 0 heterocycles. The van der Waals surface area contributed by atoms with Crippen molar-refractivity contribution in [1.82, 2.24) is 0 Å². The molecule has 0 aliphatic heterocycles. The van der Waals surface area contributed by atoms with Crippen LogP contribution >= 0.6 is 11.8 Å². The zero-order valence-electron chi connectivity index (χ0n) is 8.74. The molecule has 6 nitrogen and oxygen atoms in total. The zero-order valence-corrected chi connectivity index (χ0v) is 11.2. The highest BCUT2D eigenvalue weighted by molar-refractivity contribution is 8.01. The lowest BCUT2D eigenvalue weighted by atomic mass is 10.4. The number of rotatable bonds is 5. The summed E-state index contributed by atoms with van der Waals surface area (Å²) in [7, 11) is -7.35. The Balaban J connectivity index is 2.86. The number of hydrogen-bond acceptors (Lipinski definition) is 5. The molecule has 1 aromatic rings. The SMILES string of the molecule is NS(=O)(=O)CCSc1ccccc1S(N)(=O)=O. The molecule has 9 heteroatoms. The van der Waals surface area contributed by atoms with Crippen LogP contribution in [0, 0.1) is 0 Å². The maximum absolute atomic E-state index is 11.2. The average Bonchev–Trinajstić information content (AvgIpc) is 2.15. The van der Waals surface area contributed by atoms with Gasteiger partial charge in [0.2, 0.25) is 20.0 Å². The lowest BCUT2D eigenvalue weighted by Crippen LogP contribution is -2.18. The predicted octanol–water partition coefficient (Wildman–Crippen LogP) is -0.285. The summed E-state index contributed by atoms with van der Waals surface area (Å²) in [5.41, 5.74) is 0. The van der Waals surface area contributed by atoms with Gasteiger partial charge in [-0.2, -0.15) is 0 Å². The number of primary sulfonamides is 2. The third kappa shape index (κ3) is 5.04. The maximum Gasteiger partial charge on any atom is 0.239 e. The summed E-state index contributed by atoms with van der Waals surface area (Å²) >= 11 is 1.08. The molecule has 0 fully saturated rings.